The summed E-state index contributed by atoms with van der Waals surface area (Å²) in [5.74, 6) is -1.16. The zero-order valence-electron chi connectivity index (χ0n) is 12.3. The van der Waals surface area contributed by atoms with E-state index in [4.69, 9.17) is 5.11 Å². The number of sulfonamides is 1. The number of benzene rings is 1. The van der Waals surface area contributed by atoms with E-state index in [9.17, 15) is 18.0 Å². The minimum atomic E-state index is -3.24. The van der Waals surface area contributed by atoms with E-state index >= 15 is 0 Å². The summed E-state index contributed by atoms with van der Waals surface area (Å²) in [6.45, 7) is 2.03. The van der Waals surface area contributed by atoms with Gasteiger partial charge in [-0.2, -0.15) is 0 Å². The molecule has 0 heterocycles. The molecule has 0 aliphatic carbocycles. The van der Waals surface area contributed by atoms with Gasteiger partial charge in [0, 0.05) is 25.1 Å². The summed E-state index contributed by atoms with van der Waals surface area (Å²) in [6, 6.07) is 6.54. The number of carbonyl (C=O) groups excluding carboxylic acids is 1. The highest BCUT2D eigenvalue weighted by molar-refractivity contribution is 7.89. The van der Waals surface area contributed by atoms with Gasteiger partial charge in [0.2, 0.25) is 10.0 Å². The maximum Gasteiger partial charge on any atom is 0.303 e. The SMILES string of the molecule is CCS(=O)(=O)NCc1ccc(C(=O)NCCCC(=O)O)cc1. The first-order valence-electron chi connectivity index (χ1n) is 6.90. The average Bonchev–Trinajstić information content (AvgIpc) is 2.50. The van der Waals surface area contributed by atoms with Crippen molar-refractivity contribution in [2.75, 3.05) is 12.3 Å². The Morgan fingerprint density at radius 1 is 1.18 bits per heavy atom. The number of rotatable bonds is 9. The van der Waals surface area contributed by atoms with E-state index < -0.39 is 16.0 Å². The number of carbonyl (C=O) groups is 2. The monoisotopic (exact) mass is 328 g/mol. The molecule has 0 bridgehead atoms. The van der Waals surface area contributed by atoms with Crippen molar-refractivity contribution in [3.8, 4) is 0 Å². The molecule has 0 saturated carbocycles. The van der Waals surface area contributed by atoms with E-state index in [2.05, 4.69) is 10.0 Å². The standard InChI is InChI=1S/C14H20N2O5S/c1-2-22(20,21)16-10-11-5-7-12(8-6-11)14(19)15-9-3-4-13(17)18/h5-8,16H,2-4,9-10H2,1H3,(H,15,19)(H,17,18). The summed E-state index contributed by atoms with van der Waals surface area (Å²) in [7, 11) is -3.24. The first-order chi connectivity index (χ1) is 10.3. The van der Waals surface area contributed by atoms with Crippen LogP contribution in [0.5, 0.6) is 0 Å². The van der Waals surface area contributed by atoms with Gasteiger partial charge in [-0.1, -0.05) is 12.1 Å². The molecule has 3 N–H and O–H groups in total. The van der Waals surface area contributed by atoms with Gasteiger partial charge >= 0.3 is 5.97 Å². The Hall–Kier alpha value is -1.93. The maximum atomic E-state index is 11.8. The normalized spacial score (nSPS) is 11.1. The maximum absolute atomic E-state index is 11.8. The van der Waals surface area contributed by atoms with E-state index in [1.54, 1.807) is 31.2 Å². The molecule has 0 spiro atoms. The topological polar surface area (TPSA) is 113 Å². The second kappa shape index (κ2) is 8.50. The third-order valence-corrected chi connectivity index (χ3v) is 4.29. The Bertz CT molecular complexity index is 611. The molecule has 0 radical (unpaired) electrons. The van der Waals surface area contributed by atoms with Crippen LogP contribution >= 0.6 is 0 Å². The summed E-state index contributed by atoms with van der Waals surface area (Å²) in [4.78, 5) is 22.1. The van der Waals surface area contributed by atoms with Gasteiger partial charge < -0.3 is 10.4 Å². The van der Waals surface area contributed by atoms with Crippen molar-refractivity contribution >= 4 is 21.9 Å². The predicted octanol–water partition coefficient (Wildman–Crippen LogP) is 0.721. The van der Waals surface area contributed by atoms with E-state index in [0.29, 0.717) is 18.5 Å². The Balaban J connectivity index is 2.47. The fraction of sp³-hybridized carbons (Fsp3) is 0.429. The molecule has 0 aliphatic heterocycles. The molecule has 1 rings (SSSR count). The van der Waals surface area contributed by atoms with E-state index in [1.807, 2.05) is 0 Å². The van der Waals surface area contributed by atoms with Gasteiger partial charge in [0.15, 0.2) is 0 Å². The molecule has 0 aromatic heterocycles. The minimum Gasteiger partial charge on any atom is -0.481 e. The molecule has 0 aliphatic rings. The molecular formula is C14H20N2O5S. The number of nitrogens with one attached hydrogen (secondary N) is 2. The largest absolute Gasteiger partial charge is 0.481 e. The fourth-order valence-electron chi connectivity index (χ4n) is 1.61. The van der Waals surface area contributed by atoms with Crippen LogP contribution in [0, 0.1) is 0 Å². The highest BCUT2D eigenvalue weighted by Crippen LogP contribution is 2.05. The molecule has 0 fully saturated rings. The third-order valence-electron chi connectivity index (χ3n) is 2.95. The van der Waals surface area contributed by atoms with Gasteiger partial charge in [-0.15, -0.1) is 0 Å². The lowest BCUT2D eigenvalue weighted by Crippen LogP contribution is -2.25. The molecule has 22 heavy (non-hydrogen) atoms. The van der Waals surface area contributed by atoms with Gasteiger partial charge in [-0.05, 0) is 31.0 Å². The van der Waals surface area contributed by atoms with Crippen molar-refractivity contribution in [2.24, 2.45) is 0 Å². The molecule has 7 nitrogen and oxygen atoms in total. The van der Waals surface area contributed by atoms with Crippen LogP contribution in [0.3, 0.4) is 0 Å². The zero-order chi connectivity index (χ0) is 16.6. The second-order valence-corrected chi connectivity index (χ2v) is 6.77. The molecule has 1 aromatic carbocycles. The fourth-order valence-corrected chi connectivity index (χ4v) is 2.20. The summed E-state index contributed by atoms with van der Waals surface area (Å²) in [5.41, 5.74) is 1.19. The Kier molecular flexibility index (Phi) is 7.00. The molecule has 8 heteroatoms. The first-order valence-corrected chi connectivity index (χ1v) is 8.55. The van der Waals surface area contributed by atoms with Crippen LogP contribution in [0.25, 0.3) is 0 Å². The molecule has 1 aromatic rings. The highest BCUT2D eigenvalue weighted by atomic mass is 32.2. The van der Waals surface area contributed by atoms with Crippen molar-refractivity contribution in [1.82, 2.24) is 10.0 Å². The first kappa shape index (κ1) is 18.1. The lowest BCUT2D eigenvalue weighted by molar-refractivity contribution is -0.137. The van der Waals surface area contributed by atoms with Crippen LogP contribution in [0.2, 0.25) is 0 Å². The summed E-state index contributed by atoms with van der Waals surface area (Å²) in [5, 5.41) is 11.1. The predicted molar refractivity (Wildman–Crippen MR) is 81.9 cm³/mol. The lowest BCUT2D eigenvalue weighted by atomic mass is 10.1. The van der Waals surface area contributed by atoms with Crippen LogP contribution in [-0.4, -0.2) is 37.7 Å². The number of amides is 1. The number of hydrogen-bond acceptors (Lipinski definition) is 4. The molecule has 0 unspecified atom stereocenters. The molecule has 1 amide bonds. The van der Waals surface area contributed by atoms with Crippen molar-refractivity contribution in [2.45, 2.75) is 26.3 Å². The highest BCUT2D eigenvalue weighted by Gasteiger charge is 2.08. The quantitative estimate of drug-likeness (QED) is 0.578. The molecule has 0 saturated heterocycles. The summed E-state index contributed by atoms with van der Waals surface area (Å²) < 4.78 is 25.1. The van der Waals surface area contributed by atoms with Crippen molar-refractivity contribution in [1.29, 1.82) is 0 Å². The molecule has 122 valence electrons. The van der Waals surface area contributed by atoms with Gasteiger partial charge in [0.05, 0.1) is 5.75 Å². The zero-order valence-corrected chi connectivity index (χ0v) is 13.1. The Morgan fingerprint density at radius 3 is 2.36 bits per heavy atom. The summed E-state index contributed by atoms with van der Waals surface area (Å²) in [6.07, 6.45) is 0.384. The Labute approximate surface area is 129 Å². The average molecular weight is 328 g/mol. The lowest BCUT2D eigenvalue weighted by Gasteiger charge is -2.07. The van der Waals surface area contributed by atoms with Crippen LogP contribution in [0.4, 0.5) is 0 Å². The van der Waals surface area contributed by atoms with E-state index in [1.165, 1.54) is 0 Å². The number of carboxylic acids is 1. The van der Waals surface area contributed by atoms with E-state index in [0.717, 1.165) is 5.56 Å². The van der Waals surface area contributed by atoms with Crippen LogP contribution in [0.1, 0.15) is 35.7 Å². The van der Waals surface area contributed by atoms with Gasteiger partial charge in [0.25, 0.3) is 5.91 Å². The van der Waals surface area contributed by atoms with Crippen molar-refractivity contribution < 1.29 is 23.1 Å². The van der Waals surface area contributed by atoms with Crippen LogP contribution < -0.4 is 10.0 Å². The van der Waals surface area contributed by atoms with Crippen molar-refractivity contribution in [3.05, 3.63) is 35.4 Å². The van der Waals surface area contributed by atoms with E-state index in [-0.39, 0.29) is 24.6 Å². The van der Waals surface area contributed by atoms with Gasteiger partial charge in [-0.25, -0.2) is 13.1 Å². The van der Waals surface area contributed by atoms with Crippen molar-refractivity contribution in [3.63, 3.8) is 0 Å². The smallest absolute Gasteiger partial charge is 0.303 e. The molecule has 0 atom stereocenters. The van der Waals surface area contributed by atoms with Crippen LogP contribution in [0.15, 0.2) is 24.3 Å². The van der Waals surface area contributed by atoms with Gasteiger partial charge in [0.1, 0.15) is 0 Å². The number of hydrogen-bond donors (Lipinski definition) is 3. The number of aliphatic carboxylic acids is 1. The number of carboxylic acid groups (broad SMARTS) is 1. The third kappa shape index (κ3) is 6.68. The molecular weight excluding hydrogens is 308 g/mol. The van der Waals surface area contributed by atoms with Gasteiger partial charge in [-0.3, -0.25) is 9.59 Å². The summed E-state index contributed by atoms with van der Waals surface area (Å²) >= 11 is 0. The Morgan fingerprint density at radius 2 is 1.82 bits per heavy atom. The van der Waals surface area contributed by atoms with Crippen LogP contribution in [-0.2, 0) is 21.4 Å². The minimum absolute atomic E-state index is 0.0107. The second-order valence-electron chi connectivity index (χ2n) is 4.67.